The van der Waals surface area contributed by atoms with E-state index in [1.807, 2.05) is 6.92 Å². The van der Waals surface area contributed by atoms with Gasteiger partial charge in [0.25, 0.3) is 0 Å². The molecule has 0 aliphatic rings. The minimum atomic E-state index is -6.12. The Morgan fingerprint density at radius 2 is 1.65 bits per heavy atom. The SMILES string of the molecule is CCCCCC(C)C(F)(F)C(F)(F)S(=O)(=O)O. The molecule has 17 heavy (non-hydrogen) atoms. The Labute approximate surface area is 97.9 Å². The molecule has 104 valence electrons. The van der Waals surface area contributed by atoms with Crippen molar-refractivity contribution < 1.29 is 30.5 Å². The van der Waals surface area contributed by atoms with Gasteiger partial charge in [-0.05, 0) is 6.42 Å². The zero-order chi connectivity index (χ0) is 13.9. The predicted molar refractivity (Wildman–Crippen MR) is 54.7 cm³/mol. The minimum Gasteiger partial charge on any atom is -0.281 e. The topological polar surface area (TPSA) is 54.4 Å². The lowest BCUT2D eigenvalue weighted by Gasteiger charge is -2.29. The minimum absolute atomic E-state index is 0.230. The number of halogens is 4. The van der Waals surface area contributed by atoms with Crippen molar-refractivity contribution in [2.75, 3.05) is 0 Å². The average Bonchev–Trinajstić information content (AvgIpc) is 2.15. The van der Waals surface area contributed by atoms with Crippen LogP contribution in [0.3, 0.4) is 0 Å². The highest BCUT2D eigenvalue weighted by atomic mass is 32.2. The second kappa shape index (κ2) is 5.51. The quantitative estimate of drug-likeness (QED) is 0.442. The number of hydrogen-bond donors (Lipinski definition) is 1. The van der Waals surface area contributed by atoms with Crippen molar-refractivity contribution >= 4 is 10.1 Å². The highest BCUT2D eigenvalue weighted by molar-refractivity contribution is 7.87. The van der Waals surface area contributed by atoms with Crippen molar-refractivity contribution in [3.63, 3.8) is 0 Å². The molecule has 0 aromatic heterocycles. The summed E-state index contributed by atoms with van der Waals surface area (Å²) < 4.78 is 80.9. The standard InChI is InChI=1S/C9H16F4O3S/c1-3-4-5-6-7(2)8(10,11)9(12,13)17(14,15)16/h7H,3-6H2,1-2H3,(H,14,15,16). The zero-order valence-electron chi connectivity index (χ0n) is 9.59. The van der Waals surface area contributed by atoms with Crippen LogP contribution in [-0.4, -0.2) is 24.1 Å². The van der Waals surface area contributed by atoms with Crippen LogP contribution in [-0.2, 0) is 10.1 Å². The first-order valence-corrected chi connectivity index (χ1v) is 6.65. The van der Waals surface area contributed by atoms with E-state index in [9.17, 15) is 26.0 Å². The molecule has 0 aromatic carbocycles. The Morgan fingerprint density at radius 1 is 1.18 bits per heavy atom. The van der Waals surface area contributed by atoms with Crippen LogP contribution in [0.2, 0.25) is 0 Å². The maximum atomic E-state index is 13.2. The van der Waals surface area contributed by atoms with Gasteiger partial charge in [0.2, 0.25) is 0 Å². The van der Waals surface area contributed by atoms with Crippen LogP contribution in [0.4, 0.5) is 17.6 Å². The van der Waals surface area contributed by atoms with E-state index in [0.29, 0.717) is 12.8 Å². The predicted octanol–water partition coefficient (Wildman–Crippen LogP) is 3.32. The van der Waals surface area contributed by atoms with Crippen molar-refractivity contribution in [2.45, 2.75) is 50.7 Å². The molecule has 0 aromatic rings. The molecule has 1 N–H and O–H groups in total. The molecule has 8 heteroatoms. The van der Waals surface area contributed by atoms with Gasteiger partial charge in [-0.2, -0.15) is 26.0 Å². The molecule has 0 heterocycles. The van der Waals surface area contributed by atoms with Gasteiger partial charge in [-0.1, -0.05) is 33.1 Å². The number of alkyl halides is 4. The Bertz CT molecular complexity index is 340. The van der Waals surface area contributed by atoms with Crippen LogP contribution < -0.4 is 0 Å². The summed E-state index contributed by atoms with van der Waals surface area (Å²) >= 11 is 0. The third-order valence-electron chi connectivity index (χ3n) is 2.57. The van der Waals surface area contributed by atoms with E-state index in [4.69, 9.17) is 4.55 Å². The molecule has 1 unspecified atom stereocenters. The molecule has 0 bridgehead atoms. The van der Waals surface area contributed by atoms with Crippen molar-refractivity contribution in [2.24, 2.45) is 5.92 Å². The normalized spacial score (nSPS) is 15.9. The summed E-state index contributed by atoms with van der Waals surface area (Å²) in [6.45, 7) is 2.66. The molecule has 1 atom stereocenters. The molecule has 0 radical (unpaired) electrons. The fourth-order valence-corrected chi connectivity index (χ4v) is 1.89. The van der Waals surface area contributed by atoms with Gasteiger partial charge in [-0.3, -0.25) is 4.55 Å². The smallest absolute Gasteiger partial charge is 0.281 e. The van der Waals surface area contributed by atoms with E-state index in [2.05, 4.69) is 0 Å². The number of rotatable bonds is 7. The van der Waals surface area contributed by atoms with E-state index in [0.717, 1.165) is 13.3 Å². The first kappa shape index (κ1) is 16.6. The maximum absolute atomic E-state index is 13.2. The Balaban J connectivity index is 4.88. The van der Waals surface area contributed by atoms with Crippen LogP contribution in [0.15, 0.2) is 0 Å². The molecule has 0 saturated heterocycles. The molecular weight excluding hydrogens is 264 g/mol. The van der Waals surface area contributed by atoms with Crippen molar-refractivity contribution in [3.8, 4) is 0 Å². The fourth-order valence-electron chi connectivity index (χ4n) is 1.34. The van der Waals surface area contributed by atoms with Crippen LogP contribution in [0, 0.1) is 5.92 Å². The molecule has 0 aliphatic heterocycles. The van der Waals surface area contributed by atoms with E-state index < -0.39 is 27.2 Å². The first-order valence-electron chi connectivity index (χ1n) is 5.21. The Kier molecular flexibility index (Phi) is 5.39. The van der Waals surface area contributed by atoms with Gasteiger partial charge < -0.3 is 0 Å². The van der Waals surface area contributed by atoms with Crippen molar-refractivity contribution in [1.82, 2.24) is 0 Å². The summed E-state index contributed by atoms with van der Waals surface area (Å²) in [6, 6.07) is 0. The van der Waals surface area contributed by atoms with Crippen LogP contribution >= 0.6 is 0 Å². The monoisotopic (exact) mass is 280 g/mol. The van der Waals surface area contributed by atoms with Gasteiger partial charge in [-0.15, -0.1) is 0 Å². The molecule has 3 nitrogen and oxygen atoms in total. The van der Waals surface area contributed by atoms with E-state index in [1.165, 1.54) is 0 Å². The van der Waals surface area contributed by atoms with Gasteiger partial charge in [-0.25, -0.2) is 0 Å². The highest BCUT2D eigenvalue weighted by Gasteiger charge is 2.67. The van der Waals surface area contributed by atoms with Crippen LogP contribution in [0.1, 0.15) is 39.5 Å². The van der Waals surface area contributed by atoms with Gasteiger partial charge >= 0.3 is 21.3 Å². The van der Waals surface area contributed by atoms with Crippen molar-refractivity contribution in [1.29, 1.82) is 0 Å². The average molecular weight is 280 g/mol. The fraction of sp³-hybridized carbons (Fsp3) is 1.00. The van der Waals surface area contributed by atoms with E-state index >= 15 is 0 Å². The van der Waals surface area contributed by atoms with Crippen LogP contribution in [0.5, 0.6) is 0 Å². The van der Waals surface area contributed by atoms with Crippen LogP contribution in [0.25, 0.3) is 0 Å². The lowest BCUT2D eigenvalue weighted by atomic mass is 9.96. The lowest BCUT2D eigenvalue weighted by molar-refractivity contribution is -0.190. The molecule has 0 rings (SSSR count). The van der Waals surface area contributed by atoms with E-state index in [1.54, 1.807) is 0 Å². The summed E-state index contributed by atoms with van der Waals surface area (Å²) in [7, 11) is -6.12. The van der Waals surface area contributed by atoms with Crippen molar-refractivity contribution in [3.05, 3.63) is 0 Å². The molecule has 0 fully saturated rings. The lowest BCUT2D eigenvalue weighted by Crippen LogP contribution is -2.50. The zero-order valence-corrected chi connectivity index (χ0v) is 10.4. The summed E-state index contributed by atoms with van der Waals surface area (Å²) in [5, 5.41) is -5.45. The van der Waals surface area contributed by atoms with E-state index in [-0.39, 0.29) is 6.42 Å². The third-order valence-corrected chi connectivity index (χ3v) is 3.49. The third kappa shape index (κ3) is 3.54. The molecular formula is C9H16F4O3S. The summed E-state index contributed by atoms with van der Waals surface area (Å²) in [6.07, 6.45) is 1.39. The van der Waals surface area contributed by atoms with Gasteiger partial charge in [0.15, 0.2) is 0 Å². The number of hydrogen-bond acceptors (Lipinski definition) is 2. The number of unbranched alkanes of at least 4 members (excludes halogenated alkanes) is 2. The van der Waals surface area contributed by atoms with Gasteiger partial charge in [0.05, 0.1) is 0 Å². The Hall–Kier alpha value is -0.370. The largest absolute Gasteiger partial charge is 0.431 e. The Morgan fingerprint density at radius 3 is 2.00 bits per heavy atom. The molecule has 0 aliphatic carbocycles. The summed E-state index contributed by atoms with van der Waals surface area (Å²) in [5.74, 6) is -6.61. The molecule has 0 amide bonds. The maximum Gasteiger partial charge on any atom is 0.431 e. The molecule has 0 spiro atoms. The summed E-state index contributed by atoms with van der Waals surface area (Å²) in [4.78, 5) is 0. The summed E-state index contributed by atoms with van der Waals surface area (Å²) in [5.41, 5.74) is 0. The second-order valence-corrected chi connectivity index (χ2v) is 5.47. The second-order valence-electron chi connectivity index (χ2n) is 4.01. The first-order chi connectivity index (χ1) is 7.48. The molecule has 0 saturated carbocycles. The van der Waals surface area contributed by atoms with Gasteiger partial charge in [0, 0.05) is 5.92 Å². The highest BCUT2D eigenvalue weighted by Crippen LogP contribution is 2.44. The van der Waals surface area contributed by atoms with Gasteiger partial charge in [0.1, 0.15) is 0 Å².